The van der Waals surface area contributed by atoms with Gasteiger partial charge in [0.15, 0.2) is 0 Å². The summed E-state index contributed by atoms with van der Waals surface area (Å²) in [5.74, 6) is -0.222. The predicted octanol–water partition coefficient (Wildman–Crippen LogP) is 1.60. The van der Waals surface area contributed by atoms with E-state index in [1.54, 1.807) is 18.9 Å². The van der Waals surface area contributed by atoms with Gasteiger partial charge in [-0.15, -0.1) is 0 Å². The van der Waals surface area contributed by atoms with Gasteiger partial charge in [-0.05, 0) is 33.1 Å². The molecule has 1 amide bonds. The third kappa shape index (κ3) is 5.19. The molecule has 5 heteroatoms. The topological polar surface area (TPSA) is 55.8 Å². The summed E-state index contributed by atoms with van der Waals surface area (Å²) in [6.45, 7) is 5.39. The number of hydrogen-bond acceptors (Lipinski definition) is 4. The van der Waals surface area contributed by atoms with Crippen LogP contribution < -0.4 is 0 Å². The molecular formula is C14H25NO4. The molecule has 0 saturated carbocycles. The molecule has 1 heterocycles. The summed E-state index contributed by atoms with van der Waals surface area (Å²) < 4.78 is 10.2. The number of likely N-dealkylation sites (tertiary alicyclic amines) is 1. The first kappa shape index (κ1) is 16.0. The van der Waals surface area contributed by atoms with Crippen molar-refractivity contribution in [1.82, 2.24) is 4.90 Å². The molecule has 0 aromatic carbocycles. The maximum absolute atomic E-state index is 12.1. The highest BCUT2D eigenvalue weighted by atomic mass is 16.5. The van der Waals surface area contributed by atoms with Crippen molar-refractivity contribution in [3.8, 4) is 0 Å². The molecular weight excluding hydrogens is 246 g/mol. The molecule has 1 rings (SSSR count). The fraction of sp³-hybridized carbons (Fsp3) is 0.857. The van der Waals surface area contributed by atoms with Gasteiger partial charge in [-0.25, -0.2) is 0 Å². The number of methoxy groups -OCH3 is 1. The minimum Gasteiger partial charge on any atom is -0.466 e. The average Bonchev–Trinajstić information content (AvgIpc) is 2.44. The first-order chi connectivity index (χ1) is 9.08. The van der Waals surface area contributed by atoms with Crippen molar-refractivity contribution in [3.63, 3.8) is 0 Å². The van der Waals surface area contributed by atoms with E-state index in [9.17, 15) is 9.59 Å². The van der Waals surface area contributed by atoms with Gasteiger partial charge in [0.05, 0.1) is 18.6 Å². The molecule has 2 atom stereocenters. The Morgan fingerprint density at radius 2 is 2.16 bits per heavy atom. The molecule has 0 bridgehead atoms. The third-order valence-corrected chi connectivity index (χ3v) is 3.56. The number of nitrogens with zero attached hydrogens (tertiary/aromatic N) is 1. The predicted molar refractivity (Wildman–Crippen MR) is 71.6 cm³/mol. The van der Waals surface area contributed by atoms with Crippen LogP contribution in [0.1, 0.15) is 39.5 Å². The number of carbonyl (C=O) groups is 2. The molecule has 0 radical (unpaired) electrons. The summed E-state index contributed by atoms with van der Waals surface area (Å²) in [5, 5.41) is 0. The lowest BCUT2D eigenvalue weighted by molar-refractivity contribution is -0.151. The van der Waals surface area contributed by atoms with Crippen molar-refractivity contribution in [3.05, 3.63) is 0 Å². The number of amides is 1. The molecule has 1 aliphatic heterocycles. The highest BCUT2D eigenvalue weighted by Gasteiger charge is 2.29. The number of rotatable bonds is 6. The second-order valence-corrected chi connectivity index (χ2v) is 5.02. The summed E-state index contributed by atoms with van der Waals surface area (Å²) in [6.07, 6.45) is 2.97. The molecule has 5 nitrogen and oxygen atoms in total. The van der Waals surface area contributed by atoms with E-state index in [2.05, 4.69) is 0 Å². The lowest BCUT2D eigenvalue weighted by Crippen LogP contribution is -2.42. The molecule has 0 aromatic heterocycles. The van der Waals surface area contributed by atoms with E-state index >= 15 is 0 Å². The Labute approximate surface area is 115 Å². The zero-order chi connectivity index (χ0) is 14.3. The van der Waals surface area contributed by atoms with E-state index in [4.69, 9.17) is 9.47 Å². The van der Waals surface area contributed by atoms with Crippen molar-refractivity contribution >= 4 is 11.9 Å². The normalized spacial score (nSPS) is 21.0. The van der Waals surface area contributed by atoms with Crippen molar-refractivity contribution in [2.75, 3.05) is 26.8 Å². The Kier molecular flexibility index (Phi) is 6.84. The molecule has 0 N–H and O–H groups in total. The SMILES string of the molecule is CCOC(=O)C1CCCN(C(=O)CCC(C)OC)C1. The van der Waals surface area contributed by atoms with Crippen molar-refractivity contribution in [1.29, 1.82) is 0 Å². The quantitative estimate of drug-likeness (QED) is 0.689. The summed E-state index contributed by atoms with van der Waals surface area (Å²) in [5.41, 5.74) is 0. The zero-order valence-electron chi connectivity index (χ0n) is 12.2. The molecule has 1 fully saturated rings. The van der Waals surface area contributed by atoms with E-state index in [0.29, 0.717) is 19.6 Å². The van der Waals surface area contributed by atoms with Crippen molar-refractivity contribution in [2.45, 2.75) is 45.6 Å². The Balaban J connectivity index is 2.41. The van der Waals surface area contributed by atoms with Crippen LogP contribution in [0.25, 0.3) is 0 Å². The Bertz CT molecular complexity index is 306. The zero-order valence-corrected chi connectivity index (χ0v) is 12.2. The van der Waals surface area contributed by atoms with Gasteiger partial charge in [-0.3, -0.25) is 9.59 Å². The Hall–Kier alpha value is -1.10. The summed E-state index contributed by atoms with van der Waals surface area (Å²) in [6, 6.07) is 0. The van der Waals surface area contributed by atoms with E-state index in [1.807, 2.05) is 6.92 Å². The summed E-state index contributed by atoms with van der Waals surface area (Å²) in [7, 11) is 1.65. The smallest absolute Gasteiger partial charge is 0.310 e. The lowest BCUT2D eigenvalue weighted by atomic mass is 9.97. The fourth-order valence-corrected chi connectivity index (χ4v) is 2.26. The van der Waals surface area contributed by atoms with Crippen LogP contribution in [-0.2, 0) is 19.1 Å². The summed E-state index contributed by atoms with van der Waals surface area (Å²) in [4.78, 5) is 25.5. The van der Waals surface area contributed by atoms with Gasteiger partial charge in [0.1, 0.15) is 0 Å². The van der Waals surface area contributed by atoms with Crippen LogP contribution in [0.2, 0.25) is 0 Å². The first-order valence-electron chi connectivity index (χ1n) is 7.05. The van der Waals surface area contributed by atoms with Crippen LogP contribution in [-0.4, -0.2) is 49.7 Å². The van der Waals surface area contributed by atoms with Crippen molar-refractivity contribution in [2.24, 2.45) is 5.92 Å². The largest absolute Gasteiger partial charge is 0.466 e. The van der Waals surface area contributed by atoms with Gasteiger partial charge < -0.3 is 14.4 Å². The van der Waals surface area contributed by atoms with Crippen LogP contribution in [0, 0.1) is 5.92 Å². The van der Waals surface area contributed by atoms with E-state index in [-0.39, 0.29) is 23.9 Å². The molecule has 19 heavy (non-hydrogen) atoms. The second kappa shape index (κ2) is 8.15. The van der Waals surface area contributed by atoms with Gasteiger partial charge in [0, 0.05) is 26.6 Å². The summed E-state index contributed by atoms with van der Waals surface area (Å²) >= 11 is 0. The number of carbonyl (C=O) groups excluding carboxylic acids is 2. The molecule has 0 aliphatic carbocycles. The molecule has 1 saturated heterocycles. The standard InChI is InChI=1S/C14H25NO4/c1-4-19-14(17)12-6-5-9-15(10-12)13(16)8-7-11(2)18-3/h11-12H,4-10H2,1-3H3. The van der Waals surface area contributed by atoms with Gasteiger partial charge in [-0.2, -0.15) is 0 Å². The van der Waals surface area contributed by atoms with Gasteiger partial charge in [0.25, 0.3) is 0 Å². The molecule has 110 valence electrons. The van der Waals surface area contributed by atoms with E-state index in [0.717, 1.165) is 25.8 Å². The second-order valence-electron chi connectivity index (χ2n) is 5.02. The number of hydrogen-bond donors (Lipinski definition) is 0. The third-order valence-electron chi connectivity index (χ3n) is 3.56. The van der Waals surface area contributed by atoms with E-state index < -0.39 is 0 Å². The Morgan fingerprint density at radius 3 is 2.79 bits per heavy atom. The maximum atomic E-state index is 12.1. The first-order valence-corrected chi connectivity index (χ1v) is 7.05. The monoisotopic (exact) mass is 271 g/mol. The minimum absolute atomic E-state index is 0.0922. The average molecular weight is 271 g/mol. The van der Waals surface area contributed by atoms with Crippen molar-refractivity contribution < 1.29 is 19.1 Å². The molecule has 0 spiro atoms. The van der Waals surface area contributed by atoms with Crippen LogP contribution in [0.4, 0.5) is 0 Å². The molecule has 1 aliphatic rings. The number of piperidine rings is 1. The van der Waals surface area contributed by atoms with E-state index in [1.165, 1.54) is 0 Å². The van der Waals surface area contributed by atoms with Gasteiger partial charge in [-0.1, -0.05) is 0 Å². The highest BCUT2D eigenvalue weighted by Crippen LogP contribution is 2.19. The van der Waals surface area contributed by atoms with Crippen LogP contribution in [0.5, 0.6) is 0 Å². The van der Waals surface area contributed by atoms with Gasteiger partial charge >= 0.3 is 5.97 Å². The lowest BCUT2D eigenvalue weighted by Gasteiger charge is -2.31. The highest BCUT2D eigenvalue weighted by molar-refractivity contribution is 5.78. The fourth-order valence-electron chi connectivity index (χ4n) is 2.26. The molecule has 2 unspecified atom stereocenters. The van der Waals surface area contributed by atoms with Crippen LogP contribution in [0.15, 0.2) is 0 Å². The number of ether oxygens (including phenoxy) is 2. The Morgan fingerprint density at radius 1 is 1.42 bits per heavy atom. The number of esters is 1. The maximum Gasteiger partial charge on any atom is 0.310 e. The van der Waals surface area contributed by atoms with Crippen LogP contribution in [0.3, 0.4) is 0 Å². The molecule has 0 aromatic rings. The van der Waals surface area contributed by atoms with Gasteiger partial charge in [0.2, 0.25) is 5.91 Å². The van der Waals surface area contributed by atoms with Crippen LogP contribution >= 0.6 is 0 Å². The minimum atomic E-state index is -0.176.